The van der Waals surface area contributed by atoms with Gasteiger partial charge in [0.1, 0.15) is 0 Å². The van der Waals surface area contributed by atoms with E-state index >= 15 is 0 Å². The second-order valence-electron chi connectivity index (χ2n) is 2.26. The zero-order valence-corrected chi connectivity index (χ0v) is 5.54. The molecule has 2 aromatic carbocycles. The van der Waals surface area contributed by atoms with E-state index in [1.54, 1.807) is 0 Å². The van der Waals surface area contributed by atoms with Crippen molar-refractivity contribution in [2.45, 2.75) is 0 Å². The predicted octanol–water partition coefficient (Wildman–Crippen LogP) is 1.99. The van der Waals surface area contributed by atoms with Gasteiger partial charge in [0.25, 0.3) is 0 Å². The van der Waals surface area contributed by atoms with Crippen LogP contribution < -0.4 is 0 Å². The van der Waals surface area contributed by atoms with Crippen LogP contribution in [0.25, 0.3) is 10.8 Å². The van der Waals surface area contributed by atoms with Gasteiger partial charge in [0.2, 0.25) is 0 Å². The van der Waals surface area contributed by atoms with Crippen LogP contribution in [0.1, 0.15) is 0 Å². The molecule has 1 heteroatoms. The van der Waals surface area contributed by atoms with Gasteiger partial charge >= 0.3 is 51.4 Å². The molecule has 0 aliphatic carbocycles. The number of fused-ring (bicyclic) bond motifs is 1. The van der Waals surface area contributed by atoms with E-state index in [1.165, 1.54) is 10.8 Å². The Bertz CT molecular complexity index is 276. The molecule has 0 amide bonds. The van der Waals surface area contributed by atoms with Crippen molar-refractivity contribution >= 4 is 62.2 Å². The van der Waals surface area contributed by atoms with E-state index in [0.29, 0.717) is 0 Å². The van der Waals surface area contributed by atoms with Crippen LogP contribution in [0.3, 0.4) is 0 Å². The van der Waals surface area contributed by atoms with Crippen LogP contribution in [-0.2, 0) is 0 Å². The number of hydrogen-bond donors (Lipinski definition) is 0. The summed E-state index contributed by atoms with van der Waals surface area (Å²) in [5.41, 5.74) is 0. The number of rotatable bonds is 0. The number of benzene rings is 2. The zero-order chi connectivity index (χ0) is 6.81. The monoisotopic (exact) mass is 167 g/mol. The molecule has 1 radical (unpaired) electrons. The van der Waals surface area contributed by atoms with Crippen LogP contribution >= 0.6 is 0 Å². The Morgan fingerprint density at radius 2 is 1.64 bits per heavy atom. The van der Waals surface area contributed by atoms with E-state index in [4.69, 9.17) is 0 Å². The molecule has 0 N–H and O–H groups in total. The van der Waals surface area contributed by atoms with Gasteiger partial charge in [-0.15, -0.1) is 0 Å². The zero-order valence-electron chi connectivity index (χ0n) is 5.54. The summed E-state index contributed by atoms with van der Waals surface area (Å²) < 4.78 is 0. The van der Waals surface area contributed by atoms with Gasteiger partial charge in [-0.1, -0.05) is 42.5 Å². The standard InChI is InChI=1S/C10H7.K.H/c1-2-6-10-8-4-3-7-9(10)5-1;;/h1-7H;;. The molecule has 0 fully saturated rings. The maximum atomic E-state index is 3.15. The van der Waals surface area contributed by atoms with E-state index < -0.39 is 0 Å². The summed E-state index contributed by atoms with van der Waals surface area (Å²) in [6.07, 6.45) is 0. The van der Waals surface area contributed by atoms with E-state index in [9.17, 15) is 0 Å². The average molecular weight is 167 g/mol. The first-order valence-corrected chi connectivity index (χ1v) is 3.32. The van der Waals surface area contributed by atoms with Crippen LogP contribution in [0.15, 0.2) is 42.5 Å². The Morgan fingerprint density at radius 1 is 0.909 bits per heavy atom. The molecule has 0 atom stereocenters. The van der Waals surface area contributed by atoms with Gasteiger partial charge in [-0.2, -0.15) is 0 Å². The summed E-state index contributed by atoms with van der Waals surface area (Å²) in [5, 5.41) is 2.44. The van der Waals surface area contributed by atoms with Crippen molar-refractivity contribution in [2.75, 3.05) is 0 Å². The van der Waals surface area contributed by atoms with Crippen LogP contribution in [0.5, 0.6) is 0 Å². The molecule has 0 heterocycles. The smallest absolute Gasteiger partial charge is 0.00992 e. The Balaban J connectivity index is 0.000000605. The normalized spacial score (nSPS) is 9.09. The molecule has 0 unspecified atom stereocenters. The second-order valence-corrected chi connectivity index (χ2v) is 2.26. The predicted molar refractivity (Wildman–Crippen MR) is 49.9 cm³/mol. The summed E-state index contributed by atoms with van der Waals surface area (Å²) in [4.78, 5) is 0. The molecule has 2 aromatic rings. The molecule has 0 spiro atoms. The van der Waals surface area contributed by atoms with E-state index in [1.807, 2.05) is 24.3 Å². The quantitative estimate of drug-likeness (QED) is 0.526. The van der Waals surface area contributed by atoms with Crippen molar-refractivity contribution in [3.8, 4) is 0 Å². The Kier molecular flexibility index (Phi) is 3.76. The fourth-order valence-electron chi connectivity index (χ4n) is 1.06. The molecule has 0 aliphatic rings. The molecule has 2 rings (SSSR count). The van der Waals surface area contributed by atoms with Gasteiger partial charge in [0.15, 0.2) is 0 Å². The minimum absolute atomic E-state index is 0. The van der Waals surface area contributed by atoms with Crippen LogP contribution in [0.4, 0.5) is 0 Å². The molecule has 11 heavy (non-hydrogen) atoms. The van der Waals surface area contributed by atoms with Crippen molar-refractivity contribution in [2.24, 2.45) is 0 Å². The molecule has 0 aromatic heterocycles. The minimum atomic E-state index is 0. The van der Waals surface area contributed by atoms with Crippen molar-refractivity contribution in [1.29, 1.82) is 0 Å². The van der Waals surface area contributed by atoms with Crippen LogP contribution in [0, 0.1) is 6.07 Å². The molecule has 0 nitrogen and oxygen atoms in total. The van der Waals surface area contributed by atoms with Crippen LogP contribution in [-0.4, -0.2) is 51.4 Å². The maximum Gasteiger partial charge on any atom is -0.00992 e. The molecule has 49 valence electrons. The topological polar surface area (TPSA) is 0 Å². The molecule has 0 aliphatic heterocycles. The molecule has 0 bridgehead atoms. The van der Waals surface area contributed by atoms with Crippen molar-refractivity contribution in [3.05, 3.63) is 48.5 Å². The molecular formula is C10H8K. The van der Waals surface area contributed by atoms with Crippen molar-refractivity contribution < 1.29 is 0 Å². The summed E-state index contributed by atoms with van der Waals surface area (Å²) in [5.74, 6) is 0. The van der Waals surface area contributed by atoms with E-state index in [2.05, 4.69) is 24.3 Å². The van der Waals surface area contributed by atoms with Gasteiger partial charge in [0, 0.05) is 0 Å². The molecule has 0 saturated heterocycles. The Hall–Kier alpha value is 0.336. The van der Waals surface area contributed by atoms with Gasteiger partial charge in [0.05, 0.1) is 0 Å². The second kappa shape index (κ2) is 4.38. The third-order valence-electron chi connectivity index (χ3n) is 1.57. The van der Waals surface area contributed by atoms with E-state index in [0.717, 1.165) is 0 Å². The van der Waals surface area contributed by atoms with Crippen LogP contribution in [0.2, 0.25) is 0 Å². The largest absolute Gasteiger partial charge is 0.0616 e. The third-order valence-corrected chi connectivity index (χ3v) is 1.57. The van der Waals surface area contributed by atoms with Gasteiger partial charge in [-0.05, 0) is 16.8 Å². The van der Waals surface area contributed by atoms with Crippen molar-refractivity contribution in [3.63, 3.8) is 0 Å². The summed E-state index contributed by atoms with van der Waals surface area (Å²) in [7, 11) is 0. The SMILES string of the molecule is [KH].[c]1cccc2ccccc12. The first-order valence-electron chi connectivity index (χ1n) is 3.32. The minimum Gasteiger partial charge on any atom is -0.0616 e. The third kappa shape index (κ3) is 2.14. The maximum absolute atomic E-state index is 3.15. The Labute approximate surface area is 109 Å². The first kappa shape index (κ1) is 9.42. The van der Waals surface area contributed by atoms with Crippen molar-refractivity contribution in [1.82, 2.24) is 0 Å². The van der Waals surface area contributed by atoms with Gasteiger partial charge in [-0.25, -0.2) is 0 Å². The van der Waals surface area contributed by atoms with Gasteiger partial charge < -0.3 is 0 Å². The average Bonchev–Trinajstić information content (AvgIpc) is 2.05. The molecule has 0 saturated carbocycles. The summed E-state index contributed by atoms with van der Waals surface area (Å²) >= 11 is 0. The molecular weight excluding hydrogens is 159 g/mol. The fourth-order valence-corrected chi connectivity index (χ4v) is 1.06. The van der Waals surface area contributed by atoms with E-state index in [-0.39, 0.29) is 51.4 Å². The first-order chi connectivity index (χ1) is 4.97. The van der Waals surface area contributed by atoms with Gasteiger partial charge in [-0.3, -0.25) is 0 Å². The number of hydrogen-bond acceptors (Lipinski definition) is 0. The summed E-state index contributed by atoms with van der Waals surface area (Å²) in [6, 6.07) is 17.4. The fraction of sp³-hybridized carbons (Fsp3) is 0. The Morgan fingerprint density at radius 3 is 2.45 bits per heavy atom. The summed E-state index contributed by atoms with van der Waals surface area (Å²) in [6.45, 7) is 0.